The van der Waals surface area contributed by atoms with E-state index in [4.69, 9.17) is 106 Å². The number of thioether (sulfide) groups is 1. The topological polar surface area (TPSA) is 358 Å². The quantitative estimate of drug-likeness (QED) is 0.0122. The molecular formula is C78H76Cl3N13O10S5. The number of hydrogen-bond acceptors (Lipinski definition) is 20. The number of isothiocyanates is 1. The second kappa shape index (κ2) is 34.1. The predicted octanol–water partition coefficient (Wildman–Crippen LogP) is 16.6. The highest BCUT2D eigenvalue weighted by Gasteiger charge is 2.30. The van der Waals surface area contributed by atoms with Crippen molar-refractivity contribution in [2.75, 3.05) is 62.6 Å². The number of alkyl halides is 1. The second-order valence-corrected chi connectivity index (χ2v) is 32.0. The van der Waals surface area contributed by atoms with Gasteiger partial charge in [0.1, 0.15) is 34.7 Å². The summed E-state index contributed by atoms with van der Waals surface area (Å²) in [5, 5.41) is 39.7. The summed E-state index contributed by atoms with van der Waals surface area (Å²) in [6, 6.07) is 49.0. The molecule has 2 heterocycles. The molecule has 10 aromatic carbocycles. The fourth-order valence-corrected chi connectivity index (χ4v) is 15.7. The van der Waals surface area contributed by atoms with Crippen LogP contribution in [-0.4, -0.2) is 103 Å². The average Bonchev–Trinajstić information content (AvgIpc) is 1.39. The number of nitrogen functional groups attached to an aromatic ring is 3. The Morgan fingerprint density at radius 3 is 1.44 bits per heavy atom. The first-order chi connectivity index (χ1) is 52.3. The van der Waals surface area contributed by atoms with Crippen LogP contribution >= 0.6 is 71.0 Å². The summed E-state index contributed by atoms with van der Waals surface area (Å²) >= 11 is 28.5. The number of Topliss-reactive ketones (excluding diaryl/α,β-unsaturated/α-hetero) is 1. The van der Waals surface area contributed by atoms with Gasteiger partial charge in [-0.05, 0) is 252 Å². The zero-order chi connectivity index (χ0) is 77.6. The molecule has 16 rings (SSSR count). The number of rotatable bonds is 20. The number of ketones is 1. The third kappa shape index (κ3) is 18.8. The number of sulfonamides is 2. The fraction of sp³-hybridized carbons (Fsp3) is 0.244. The van der Waals surface area contributed by atoms with E-state index < -0.39 is 26.0 Å². The van der Waals surface area contributed by atoms with Gasteiger partial charge in [-0.3, -0.25) is 18.7 Å². The van der Waals surface area contributed by atoms with Gasteiger partial charge in [-0.1, -0.05) is 89.6 Å². The number of aromatic amines is 1. The Bertz CT molecular complexity index is 5860. The Morgan fingerprint density at radius 2 is 1.00 bits per heavy atom. The Labute approximate surface area is 658 Å². The standard InChI is InChI=1S/C25H24ClN5O4S2.C16H16N4OS.C15H13NOS.C14H15NO.C8H8Cl2N2O3S/c1-35-17-5-7-20-19(14-2-3-14)8-9-23(21(20)11-17)31-24(27)29-30-25(31)36-13-16(32)10-15-4-6-18(12-22(15)26)37(28,33)34;1-21-10-4-5-12-11(9-2-3-9)6-7-14(13(12)8-10)20-15(17)18-19-16(20)22;1-17-11-4-5-13-12(10-2-3-10)6-7-15(16-9-18)14(13)8-11;1-16-10-4-5-12-11(9-2-3-9)6-7-14(15)13(12)8-10;9-4-8(13)12-7-2-1-5(3-6(7)10)16(11,14)15/h4-9,11-12,14H,2-3,10,13H2,1H3,(H2,27,29)(H2,28,33,34);4-9H,2-3H2,1H3,(H2,17,18)(H,19,22);4-8,10H,2-3H2,1H3;4-9H,2-3,15H2,1H3;1-3H,4H2,(H,12,13)(H2,11,14,15). The fourth-order valence-electron chi connectivity index (χ4n) is 12.8. The third-order valence-electron chi connectivity index (χ3n) is 18.8. The lowest BCUT2D eigenvalue weighted by atomic mass is 9.99. The number of aliphatic imine (C=N–C) groups is 1. The number of ether oxygens (including phenoxy) is 4. The van der Waals surface area contributed by atoms with Crippen molar-refractivity contribution in [3.05, 3.63) is 200 Å². The molecular weight excluding hydrogens is 1550 g/mol. The van der Waals surface area contributed by atoms with Gasteiger partial charge in [0.05, 0.1) is 76.9 Å². The van der Waals surface area contributed by atoms with Crippen LogP contribution in [0, 0.1) is 4.77 Å². The molecule has 4 saturated carbocycles. The minimum atomic E-state index is -3.88. The highest BCUT2D eigenvalue weighted by Crippen LogP contribution is 2.49. The Morgan fingerprint density at radius 1 is 0.560 bits per heavy atom. The number of fused-ring (bicyclic) bond motifs is 4. The number of methoxy groups -OCH3 is 4. The molecule has 2 aromatic heterocycles. The van der Waals surface area contributed by atoms with E-state index in [0.29, 0.717) is 39.2 Å². The van der Waals surface area contributed by atoms with Crippen LogP contribution < -0.4 is 51.7 Å². The van der Waals surface area contributed by atoms with Crippen LogP contribution in [0.3, 0.4) is 0 Å². The van der Waals surface area contributed by atoms with Crippen molar-refractivity contribution in [3.63, 3.8) is 0 Å². The van der Waals surface area contributed by atoms with E-state index in [-0.39, 0.29) is 55.3 Å². The summed E-state index contributed by atoms with van der Waals surface area (Å²) in [6.45, 7) is 0. The lowest BCUT2D eigenvalue weighted by Crippen LogP contribution is -2.14. The van der Waals surface area contributed by atoms with Crippen LogP contribution in [0.5, 0.6) is 23.0 Å². The van der Waals surface area contributed by atoms with Gasteiger partial charge in [-0.15, -0.1) is 26.9 Å². The summed E-state index contributed by atoms with van der Waals surface area (Å²) < 4.78 is 70.4. The predicted molar refractivity (Wildman–Crippen MR) is 439 cm³/mol. The molecule has 31 heteroatoms. The van der Waals surface area contributed by atoms with E-state index in [9.17, 15) is 26.4 Å². The van der Waals surface area contributed by atoms with E-state index in [0.717, 1.165) is 84.7 Å². The van der Waals surface area contributed by atoms with Crippen molar-refractivity contribution < 1.29 is 45.4 Å². The first-order valence-corrected chi connectivity index (χ1v) is 40.5. The number of nitrogens with zero attached hydrogens (tertiary/aromatic N) is 6. The minimum Gasteiger partial charge on any atom is -0.497 e. The number of primary sulfonamides is 2. The number of hydrogen-bond donors (Lipinski definition) is 7. The van der Waals surface area contributed by atoms with E-state index in [1.54, 1.807) is 37.6 Å². The largest absolute Gasteiger partial charge is 0.497 e. The number of benzene rings is 10. The van der Waals surface area contributed by atoms with Crippen molar-refractivity contribution in [2.24, 2.45) is 15.3 Å². The molecule has 23 nitrogen and oxygen atoms in total. The molecule has 0 unspecified atom stereocenters. The van der Waals surface area contributed by atoms with Gasteiger partial charge in [-0.25, -0.2) is 32.2 Å². The molecule has 4 fully saturated rings. The molecule has 0 aliphatic heterocycles. The van der Waals surface area contributed by atoms with Crippen LogP contribution in [0.25, 0.3) is 54.5 Å². The van der Waals surface area contributed by atoms with Gasteiger partial charge in [-0.2, -0.15) is 4.99 Å². The molecule has 0 atom stereocenters. The summed E-state index contributed by atoms with van der Waals surface area (Å²) in [6.07, 6.45) is 10.1. The number of anilines is 4. The SMILES string of the molecule is COc1ccc2c(C3CC3)ccc(-n3c(N)n[nH]c3=S)c2c1.COc1ccc2c(C3CC3)ccc(-n3c(N)nnc3SCC(=O)Cc3ccc(S(N)(=O)=O)cc3Cl)c2c1.COc1ccc2c(C3CC3)ccc(N)c2c1.COc1ccc2c(C3CC3)ccc(N=C=S)c2c1.NS(=O)(=O)c1ccc(NC(=O)CCl)c(Cl)c1. The number of carbonyl (C=O) groups is 2. The number of thiocarbonyl (C=S) groups is 1. The molecule has 0 saturated heterocycles. The lowest BCUT2D eigenvalue weighted by molar-refractivity contribution is -0.116. The Kier molecular flexibility index (Phi) is 24.7. The molecule has 0 bridgehead atoms. The monoisotopic (exact) mass is 1620 g/mol. The number of nitrogens with two attached hydrogens (primary N) is 5. The molecule has 4 aliphatic carbocycles. The van der Waals surface area contributed by atoms with Crippen molar-refractivity contribution in [3.8, 4) is 34.4 Å². The molecule has 564 valence electrons. The molecule has 109 heavy (non-hydrogen) atoms. The normalized spacial score (nSPS) is 13.8. The van der Waals surface area contributed by atoms with Crippen LogP contribution in [0.4, 0.5) is 29.0 Å². The lowest BCUT2D eigenvalue weighted by Gasteiger charge is -2.15. The summed E-state index contributed by atoms with van der Waals surface area (Å²) in [4.78, 5) is 27.6. The minimum absolute atomic E-state index is 0.0244. The summed E-state index contributed by atoms with van der Waals surface area (Å²) in [7, 11) is -1.03. The average molecular weight is 1620 g/mol. The first kappa shape index (κ1) is 78.9. The van der Waals surface area contributed by atoms with Crippen molar-refractivity contribution in [1.82, 2.24) is 29.5 Å². The van der Waals surface area contributed by atoms with Crippen LogP contribution in [0.2, 0.25) is 10.0 Å². The number of H-pyrrole nitrogens is 1. The maximum absolute atomic E-state index is 12.8. The molecule has 12 N–H and O–H groups in total. The van der Waals surface area contributed by atoms with Crippen molar-refractivity contribution in [2.45, 2.75) is 96.4 Å². The molecule has 1 amide bonds. The van der Waals surface area contributed by atoms with Gasteiger partial charge in [0.25, 0.3) is 0 Å². The number of aromatic nitrogens is 6. The van der Waals surface area contributed by atoms with Crippen LogP contribution in [0.15, 0.2) is 178 Å². The zero-order valence-corrected chi connectivity index (χ0v) is 65.8. The zero-order valence-electron chi connectivity index (χ0n) is 59.4. The Hall–Kier alpha value is -9.68. The second-order valence-electron chi connectivity index (χ2n) is 26.3. The van der Waals surface area contributed by atoms with Gasteiger partial charge in [0.2, 0.25) is 42.6 Å². The van der Waals surface area contributed by atoms with E-state index in [2.05, 4.69) is 90.5 Å². The highest BCUT2D eigenvalue weighted by molar-refractivity contribution is 7.99. The maximum atomic E-state index is 12.8. The molecule has 0 spiro atoms. The summed E-state index contributed by atoms with van der Waals surface area (Å²) in [5.41, 5.74) is 27.9. The molecule has 0 radical (unpaired) electrons. The number of carbonyl (C=O) groups excluding carboxylic acids is 2. The van der Waals surface area contributed by atoms with Gasteiger partial charge in [0, 0.05) is 38.7 Å². The van der Waals surface area contributed by atoms with Gasteiger partial charge < -0.3 is 41.5 Å². The summed E-state index contributed by atoms with van der Waals surface area (Å²) in [5.74, 6) is 5.81. The smallest absolute Gasteiger partial charge is 0.239 e. The van der Waals surface area contributed by atoms with Gasteiger partial charge >= 0.3 is 0 Å². The number of amides is 1. The van der Waals surface area contributed by atoms with E-state index >= 15 is 0 Å². The maximum Gasteiger partial charge on any atom is 0.239 e. The molecule has 4 aliphatic rings. The Balaban J connectivity index is 0.000000133. The third-order valence-corrected chi connectivity index (χ3v) is 22.9. The van der Waals surface area contributed by atoms with Crippen LogP contribution in [-0.2, 0) is 36.1 Å². The van der Waals surface area contributed by atoms with Crippen molar-refractivity contribution >= 4 is 180 Å². The van der Waals surface area contributed by atoms with Crippen molar-refractivity contribution in [1.29, 1.82) is 0 Å². The van der Waals surface area contributed by atoms with Crippen LogP contribution in [0.1, 0.15) is 103 Å². The first-order valence-electron chi connectivity index (χ1n) is 34.4. The van der Waals surface area contributed by atoms with Gasteiger partial charge in [0.15, 0.2) is 5.16 Å². The van der Waals surface area contributed by atoms with E-state index in [1.807, 2.05) is 66.7 Å². The van der Waals surface area contributed by atoms with E-state index in [1.165, 1.54) is 132 Å². The molecule has 12 aromatic rings. The number of halogens is 3. The number of nitrogens with one attached hydrogen (secondary N) is 2. The highest BCUT2D eigenvalue weighted by atomic mass is 35.5.